The number of carbonyl (C=O) groups excluding carboxylic acids is 5. The van der Waals surface area contributed by atoms with Crippen LogP contribution in [-0.4, -0.2) is 71.7 Å². The van der Waals surface area contributed by atoms with Gasteiger partial charge < -0.3 is 26.2 Å². The van der Waals surface area contributed by atoms with E-state index in [0.717, 1.165) is 37.7 Å². The first-order chi connectivity index (χ1) is 21.8. The molecule has 5 amide bonds. The Hall–Kier alpha value is -3.43. The molecule has 5 atom stereocenters. The van der Waals surface area contributed by atoms with E-state index in [1.54, 1.807) is 7.05 Å². The van der Waals surface area contributed by atoms with Gasteiger partial charge in [-0.25, -0.2) is 0 Å². The van der Waals surface area contributed by atoms with E-state index in [1.165, 1.54) is 4.90 Å². The fourth-order valence-electron chi connectivity index (χ4n) is 6.83. The molecule has 4 N–H and O–H groups in total. The number of hydrogen-bond acceptors (Lipinski definition) is 5. The molecule has 0 radical (unpaired) electrons. The SMILES string of the molecule is CC(C)C[C@@H]1NC(=O)[C@H](Cc2ccccc2)NC(=O)[C@H](CC(C)C)NC(=O)[C@@H](C(C)C)N(C)C(=O)[C@H](CC2CCCCC2)NC1=O. The number of benzene rings is 1. The van der Waals surface area contributed by atoms with E-state index in [9.17, 15) is 24.0 Å². The largest absolute Gasteiger partial charge is 0.343 e. The molecule has 1 saturated carbocycles. The number of nitrogens with one attached hydrogen (secondary N) is 4. The van der Waals surface area contributed by atoms with Crippen molar-refractivity contribution in [1.82, 2.24) is 26.2 Å². The topological polar surface area (TPSA) is 137 Å². The molecule has 10 heteroatoms. The Labute approximate surface area is 275 Å². The van der Waals surface area contributed by atoms with E-state index < -0.39 is 53.8 Å². The molecule has 2 fully saturated rings. The number of amides is 5. The van der Waals surface area contributed by atoms with Crippen molar-refractivity contribution in [3.05, 3.63) is 35.9 Å². The molecule has 1 aliphatic heterocycles. The van der Waals surface area contributed by atoms with E-state index >= 15 is 0 Å². The maximum atomic E-state index is 14.2. The predicted molar refractivity (Wildman–Crippen MR) is 179 cm³/mol. The average molecular weight is 640 g/mol. The number of likely N-dealkylation sites (N-methyl/N-ethyl adjacent to an activating group) is 1. The Bertz CT molecular complexity index is 1180. The molecule has 2 aliphatic rings. The van der Waals surface area contributed by atoms with E-state index in [1.807, 2.05) is 71.9 Å². The van der Waals surface area contributed by atoms with Crippen molar-refractivity contribution >= 4 is 29.5 Å². The van der Waals surface area contributed by atoms with Gasteiger partial charge in [-0.3, -0.25) is 24.0 Å². The zero-order chi connectivity index (χ0) is 34.0. The highest BCUT2D eigenvalue weighted by atomic mass is 16.2. The third-order valence-electron chi connectivity index (χ3n) is 9.17. The summed E-state index contributed by atoms with van der Waals surface area (Å²) in [4.78, 5) is 71.3. The Morgan fingerprint density at radius 3 is 1.65 bits per heavy atom. The van der Waals surface area contributed by atoms with E-state index in [0.29, 0.717) is 19.3 Å². The minimum atomic E-state index is -0.989. The van der Waals surface area contributed by atoms with Gasteiger partial charge in [0, 0.05) is 13.5 Å². The summed E-state index contributed by atoms with van der Waals surface area (Å²) in [5.41, 5.74) is 0.842. The summed E-state index contributed by atoms with van der Waals surface area (Å²) in [7, 11) is 1.60. The maximum absolute atomic E-state index is 14.2. The van der Waals surface area contributed by atoms with Crippen LogP contribution in [0.3, 0.4) is 0 Å². The van der Waals surface area contributed by atoms with Gasteiger partial charge in [0.2, 0.25) is 29.5 Å². The van der Waals surface area contributed by atoms with Crippen LogP contribution in [0.5, 0.6) is 0 Å². The minimum Gasteiger partial charge on any atom is -0.343 e. The second-order valence-corrected chi connectivity index (χ2v) is 14.6. The quantitative estimate of drug-likeness (QED) is 0.327. The van der Waals surface area contributed by atoms with Crippen LogP contribution in [-0.2, 0) is 30.4 Å². The van der Waals surface area contributed by atoms with Crippen LogP contribution in [0.15, 0.2) is 30.3 Å². The number of rotatable bonds is 9. The van der Waals surface area contributed by atoms with E-state index in [2.05, 4.69) is 21.3 Å². The summed E-state index contributed by atoms with van der Waals surface area (Å²) in [5.74, 6) is -2.05. The molecule has 1 aromatic carbocycles. The van der Waals surface area contributed by atoms with Crippen molar-refractivity contribution in [3.8, 4) is 0 Å². The van der Waals surface area contributed by atoms with Crippen LogP contribution in [0.2, 0.25) is 0 Å². The number of carbonyl (C=O) groups is 5. The van der Waals surface area contributed by atoms with Gasteiger partial charge in [0.1, 0.15) is 30.2 Å². The molecule has 1 aliphatic carbocycles. The number of hydrogen-bond donors (Lipinski definition) is 4. The average Bonchev–Trinajstić information content (AvgIpc) is 2.99. The second-order valence-electron chi connectivity index (χ2n) is 14.6. The van der Waals surface area contributed by atoms with Crippen molar-refractivity contribution in [2.75, 3.05) is 7.05 Å². The van der Waals surface area contributed by atoms with Gasteiger partial charge >= 0.3 is 0 Å². The molecule has 46 heavy (non-hydrogen) atoms. The molecule has 1 aromatic rings. The molecular formula is C36H57N5O5. The maximum Gasteiger partial charge on any atom is 0.245 e. The van der Waals surface area contributed by atoms with Crippen LogP contribution in [0.4, 0.5) is 0 Å². The molecule has 0 aromatic heterocycles. The first-order valence-electron chi connectivity index (χ1n) is 17.3. The van der Waals surface area contributed by atoms with Gasteiger partial charge in [-0.2, -0.15) is 0 Å². The van der Waals surface area contributed by atoms with Crippen molar-refractivity contribution in [1.29, 1.82) is 0 Å². The minimum absolute atomic E-state index is 0.0634. The lowest BCUT2D eigenvalue weighted by molar-refractivity contribution is -0.144. The van der Waals surface area contributed by atoms with E-state index in [-0.39, 0.29) is 36.0 Å². The Morgan fingerprint density at radius 1 is 0.652 bits per heavy atom. The zero-order valence-electron chi connectivity index (χ0n) is 28.9. The van der Waals surface area contributed by atoms with Crippen LogP contribution >= 0.6 is 0 Å². The van der Waals surface area contributed by atoms with Gasteiger partial charge in [0.15, 0.2) is 0 Å². The predicted octanol–water partition coefficient (Wildman–Crippen LogP) is 3.73. The Kier molecular flexibility index (Phi) is 14.1. The lowest BCUT2D eigenvalue weighted by atomic mass is 9.84. The second kappa shape index (κ2) is 17.5. The molecule has 0 unspecified atom stereocenters. The summed E-state index contributed by atoms with van der Waals surface area (Å²) in [6, 6.07) is 4.84. The van der Waals surface area contributed by atoms with Gasteiger partial charge in [-0.05, 0) is 48.5 Å². The number of nitrogens with zero attached hydrogens (tertiary/aromatic N) is 1. The zero-order valence-corrected chi connectivity index (χ0v) is 28.9. The monoisotopic (exact) mass is 639 g/mol. The fraction of sp³-hybridized carbons (Fsp3) is 0.694. The molecule has 0 spiro atoms. The highest BCUT2D eigenvalue weighted by molar-refractivity contribution is 5.98. The summed E-state index contributed by atoms with van der Waals surface area (Å²) < 4.78 is 0. The van der Waals surface area contributed by atoms with Gasteiger partial charge in [0.05, 0.1) is 0 Å². The summed E-state index contributed by atoms with van der Waals surface area (Å²) in [5, 5.41) is 11.8. The summed E-state index contributed by atoms with van der Waals surface area (Å²) in [6.45, 7) is 11.6. The third kappa shape index (κ3) is 10.8. The fourth-order valence-corrected chi connectivity index (χ4v) is 6.83. The van der Waals surface area contributed by atoms with Crippen molar-refractivity contribution < 1.29 is 24.0 Å². The van der Waals surface area contributed by atoms with Crippen molar-refractivity contribution in [2.45, 2.75) is 130 Å². The van der Waals surface area contributed by atoms with Crippen LogP contribution in [0, 0.1) is 23.7 Å². The molecular weight excluding hydrogens is 582 g/mol. The standard InChI is InChI=1S/C36H57N5O5/c1-22(2)18-27-33(43)40-30(21-26-16-12-9-13-17-26)36(46)41(7)31(24(5)6)35(45)39-28(19-23(3)4)32(42)38-29(34(44)37-27)20-25-14-10-8-11-15-25/h8,10-11,14-15,22-24,26-31H,9,12-13,16-21H2,1-7H3,(H,37,44)(H,38,42)(H,39,45)(H,40,43)/t27-,28-,29-,30-,31+/m0/s1. The summed E-state index contributed by atoms with van der Waals surface area (Å²) >= 11 is 0. The lowest BCUT2D eigenvalue weighted by Crippen LogP contribution is -2.59. The lowest BCUT2D eigenvalue weighted by Gasteiger charge is -2.35. The normalized spacial score (nSPS) is 26.3. The van der Waals surface area contributed by atoms with Crippen molar-refractivity contribution in [2.24, 2.45) is 23.7 Å². The van der Waals surface area contributed by atoms with Gasteiger partial charge in [-0.15, -0.1) is 0 Å². The Morgan fingerprint density at radius 2 is 1.13 bits per heavy atom. The molecule has 0 bridgehead atoms. The first kappa shape index (κ1) is 37.0. The summed E-state index contributed by atoms with van der Waals surface area (Å²) in [6.07, 6.45) is 6.67. The van der Waals surface area contributed by atoms with E-state index in [4.69, 9.17) is 0 Å². The van der Waals surface area contributed by atoms with Gasteiger partial charge in [-0.1, -0.05) is 104 Å². The Balaban J connectivity index is 2.08. The molecule has 1 saturated heterocycles. The molecule has 256 valence electrons. The highest BCUT2D eigenvalue weighted by Gasteiger charge is 2.39. The van der Waals surface area contributed by atoms with Crippen LogP contribution in [0.25, 0.3) is 0 Å². The first-order valence-corrected chi connectivity index (χ1v) is 17.3. The van der Waals surface area contributed by atoms with Crippen molar-refractivity contribution in [3.63, 3.8) is 0 Å². The molecule has 3 rings (SSSR count). The highest BCUT2D eigenvalue weighted by Crippen LogP contribution is 2.28. The van der Waals surface area contributed by atoms with Gasteiger partial charge in [0.25, 0.3) is 0 Å². The smallest absolute Gasteiger partial charge is 0.245 e. The van der Waals surface area contributed by atoms with Crippen LogP contribution in [0.1, 0.15) is 98.5 Å². The molecule has 10 nitrogen and oxygen atoms in total. The van der Waals surface area contributed by atoms with Crippen LogP contribution < -0.4 is 21.3 Å². The third-order valence-corrected chi connectivity index (χ3v) is 9.17. The molecule has 1 heterocycles.